The highest BCUT2D eigenvalue weighted by Crippen LogP contribution is 2.34. The molecule has 2 heterocycles. The summed E-state index contributed by atoms with van der Waals surface area (Å²) in [5, 5.41) is 6.41. The van der Waals surface area contributed by atoms with Gasteiger partial charge in [-0.1, -0.05) is 12.1 Å². The van der Waals surface area contributed by atoms with Crippen molar-refractivity contribution in [3.63, 3.8) is 0 Å². The number of benzene rings is 1. The number of halogens is 3. The van der Waals surface area contributed by atoms with Crippen LogP contribution in [-0.2, 0) is 6.18 Å². The zero-order chi connectivity index (χ0) is 16.6. The van der Waals surface area contributed by atoms with Crippen molar-refractivity contribution < 1.29 is 18.0 Å². The molecule has 1 N–H and O–H groups in total. The molecule has 1 aromatic carbocycles. The SMILES string of the molecule is Cc1cc2nccc(C(=O)Nc3ccccc3C(F)(F)F)n2n1. The Morgan fingerprint density at radius 3 is 2.70 bits per heavy atom. The van der Waals surface area contributed by atoms with E-state index in [1.165, 1.54) is 35.0 Å². The second-order valence-electron chi connectivity index (χ2n) is 4.88. The second kappa shape index (κ2) is 5.38. The number of aromatic nitrogens is 3. The summed E-state index contributed by atoms with van der Waals surface area (Å²) < 4.78 is 40.2. The summed E-state index contributed by atoms with van der Waals surface area (Å²) in [6, 6.07) is 7.86. The van der Waals surface area contributed by atoms with E-state index in [9.17, 15) is 18.0 Å². The Balaban J connectivity index is 1.99. The number of carbonyl (C=O) groups is 1. The lowest BCUT2D eigenvalue weighted by atomic mass is 10.1. The number of para-hydroxylation sites is 1. The number of anilines is 1. The maximum absolute atomic E-state index is 13.0. The fourth-order valence-corrected chi connectivity index (χ4v) is 2.21. The molecule has 1 amide bonds. The third-order valence-corrected chi connectivity index (χ3v) is 3.19. The van der Waals surface area contributed by atoms with Crippen LogP contribution in [0.3, 0.4) is 0 Å². The van der Waals surface area contributed by atoms with Crippen molar-refractivity contribution in [3.8, 4) is 0 Å². The fraction of sp³-hybridized carbons (Fsp3) is 0.133. The highest BCUT2D eigenvalue weighted by molar-refractivity contribution is 6.03. The number of fused-ring (bicyclic) bond motifs is 1. The molecule has 0 radical (unpaired) electrons. The number of nitrogens with zero attached hydrogens (tertiary/aromatic N) is 3. The van der Waals surface area contributed by atoms with Crippen LogP contribution in [-0.4, -0.2) is 20.5 Å². The third kappa shape index (κ3) is 2.87. The number of rotatable bonds is 2. The minimum atomic E-state index is -4.56. The molecule has 5 nitrogen and oxygen atoms in total. The molecule has 118 valence electrons. The van der Waals surface area contributed by atoms with E-state index in [0.29, 0.717) is 11.3 Å². The molecular weight excluding hydrogens is 309 g/mol. The van der Waals surface area contributed by atoms with Gasteiger partial charge in [0, 0.05) is 12.3 Å². The van der Waals surface area contributed by atoms with E-state index in [2.05, 4.69) is 15.4 Å². The van der Waals surface area contributed by atoms with Crippen molar-refractivity contribution in [1.82, 2.24) is 14.6 Å². The third-order valence-electron chi connectivity index (χ3n) is 3.19. The molecule has 0 bridgehead atoms. The highest BCUT2D eigenvalue weighted by atomic mass is 19.4. The molecule has 8 heteroatoms. The van der Waals surface area contributed by atoms with Gasteiger partial charge in [-0.05, 0) is 25.1 Å². The lowest BCUT2D eigenvalue weighted by Gasteiger charge is -2.13. The summed E-state index contributed by atoms with van der Waals surface area (Å²) >= 11 is 0. The van der Waals surface area contributed by atoms with Gasteiger partial charge in [0.1, 0.15) is 5.69 Å². The first kappa shape index (κ1) is 15.0. The number of alkyl halides is 3. The molecule has 3 aromatic rings. The van der Waals surface area contributed by atoms with E-state index in [-0.39, 0.29) is 11.4 Å². The molecular formula is C15H11F3N4O. The largest absolute Gasteiger partial charge is 0.418 e. The van der Waals surface area contributed by atoms with Gasteiger partial charge in [-0.15, -0.1) is 0 Å². The van der Waals surface area contributed by atoms with E-state index in [0.717, 1.165) is 6.07 Å². The number of carbonyl (C=O) groups excluding carboxylic acids is 1. The summed E-state index contributed by atoms with van der Waals surface area (Å²) in [7, 11) is 0. The van der Waals surface area contributed by atoms with Gasteiger partial charge in [0.25, 0.3) is 5.91 Å². The monoisotopic (exact) mass is 320 g/mol. The van der Waals surface area contributed by atoms with Crippen molar-refractivity contribution in [1.29, 1.82) is 0 Å². The minimum Gasteiger partial charge on any atom is -0.320 e. The average molecular weight is 320 g/mol. The fourth-order valence-electron chi connectivity index (χ4n) is 2.21. The predicted molar refractivity (Wildman–Crippen MR) is 77.1 cm³/mol. The minimum absolute atomic E-state index is 0.0973. The number of hydrogen-bond acceptors (Lipinski definition) is 3. The van der Waals surface area contributed by atoms with Crippen molar-refractivity contribution in [3.05, 3.63) is 59.5 Å². The smallest absolute Gasteiger partial charge is 0.320 e. The van der Waals surface area contributed by atoms with Gasteiger partial charge in [0.15, 0.2) is 5.65 Å². The molecule has 0 fully saturated rings. The number of nitrogens with one attached hydrogen (secondary N) is 1. The van der Waals surface area contributed by atoms with Gasteiger partial charge in [0.05, 0.1) is 16.9 Å². The Hall–Kier alpha value is -2.90. The van der Waals surface area contributed by atoms with Gasteiger partial charge >= 0.3 is 6.18 Å². The normalized spacial score (nSPS) is 11.7. The molecule has 0 saturated heterocycles. The van der Waals surface area contributed by atoms with E-state index in [1.807, 2.05) is 0 Å². The molecule has 0 aliphatic heterocycles. The van der Waals surface area contributed by atoms with Gasteiger partial charge in [-0.2, -0.15) is 18.3 Å². The van der Waals surface area contributed by atoms with Crippen LogP contribution < -0.4 is 5.32 Å². The molecule has 0 saturated carbocycles. The molecule has 0 aliphatic carbocycles. The lowest BCUT2D eigenvalue weighted by Crippen LogP contribution is -2.19. The van der Waals surface area contributed by atoms with Gasteiger partial charge in [-0.25, -0.2) is 9.50 Å². The number of hydrogen-bond donors (Lipinski definition) is 1. The van der Waals surface area contributed by atoms with Crippen LogP contribution >= 0.6 is 0 Å². The maximum atomic E-state index is 13.0. The van der Waals surface area contributed by atoms with Gasteiger partial charge in [-0.3, -0.25) is 4.79 Å². The quantitative estimate of drug-likeness (QED) is 0.788. The van der Waals surface area contributed by atoms with Crippen LogP contribution in [0, 0.1) is 6.92 Å². The van der Waals surface area contributed by atoms with Crippen LogP contribution in [0.4, 0.5) is 18.9 Å². The van der Waals surface area contributed by atoms with E-state index >= 15 is 0 Å². The molecule has 2 aromatic heterocycles. The Labute approximate surface area is 128 Å². The zero-order valence-corrected chi connectivity index (χ0v) is 11.9. The van der Waals surface area contributed by atoms with E-state index in [4.69, 9.17) is 0 Å². The molecule has 3 rings (SSSR count). The summed E-state index contributed by atoms with van der Waals surface area (Å²) in [4.78, 5) is 16.4. The van der Waals surface area contributed by atoms with Crippen LogP contribution in [0.25, 0.3) is 5.65 Å². The Bertz CT molecular complexity index is 886. The summed E-state index contributed by atoms with van der Waals surface area (Å²) in [6.07, 6.45) is -3.15. The Morgan fingerprint density at radius 2 is 1.96 bits per heavy atom. The molecule has 0 spiro atoms. The molecule has 0 atom stereocenters. The predicted octanol–water partition coefficient (Wildman–Crippen LogP) is 3.31. The van der Waals surface area contributed by atoms with Crippen LogP contribution in [0.1, 0.15) is 21.7 Å². The zero-order valence-electron chi connectivity index (χ0n) is 11.9. The average Bonchev–Trinajstić information content (AvgIpc) is 2.86. The first-order valence-corrected chi connectivity index (χ1v) is 6.65. The summed E-state index contributed by atoms with van der Waals surface area (Å²) in [5.74, 6) is -0.697. The lowest BCUT2D eigenvalue weighted by molar-refractivity contribution is -0.136. The van der Waals surface area contributed by atoms with Crippen molar-refractivity contribution >= 4 is 17.2 Å². The topological polar surface area (TPSA) is 59.3 Å². The summed E-state index contributed by atoms with van der Waals surface area (Å²) in [6.45, 7) is 1.73. The Morgan fingerprint density at radius 1 is 1.22 bits per heavy atom. The number of aryl methyl sites for hydroxylation is 1. The molecule has 0 aliphatic rings. The van der Waals surface area contributed by atoms with Gasteiger partial charge < -0.3 is 5.32 Å². The Kier molecular flexibility index (Phi) is 3.51. The van der Waals surface area contributed by atoms with Crippen molar-refractivity contribution in [2.75, 3.05) is 5.32 Å². The van der Waals surface area contributed by atoms with Crippen molar-refractivity contribution in [2.24, 2.45) is 0 Å². The van der Waals surface area contributed by atoms with E-state index < -0.39 is 17.6 Å². The van der Waals surface area contributed by atoms with Crippen LogP contribution in [0.5, 0.6) is 0 Å². The first-order chi connectivity index (χ1) is 10.9. The standard InChI is InChI=1S/C15H11F3N4O/c1-9-8-13-19-7-6-12(22(13)21-9)14(23)20-11-5-3-2-4-10(11)15(16,17)18/h2-8H,1H3,(H,20,23). The first-order valence-electron chi connectivity index (χ1n) is 6.65. The highest BCUT2D eigenvalue weighted by Gasteiger charge is 2.33. The van der Waals surface area contributed by atoms with E-state index in [1.54, 1.807) is 13.0 Å². The number of amides is 1. The van der Waals surface area contributed by atoms with Gasteiger partial charge in [0.2, 0.25) is 0 Å². The van der Waals surface area contributed by atoms with Crippen LogP contribution in [0.15, 0.2) is 42.6 Å². The molecule has 0 unspecified atom stereocenters. The van der Waals surface area contributed by atoms with Crippen LogP contribution in [0.2, 0.25) is 0 Å². The second-order valence-corrected chi connectivity index (χ2v) is 4.88. The maximum Gasteiger partial charge on any atom is 0.418 e. The van der Waals surface area contributed by atoms with Crippen molar-refractivity contribution in [2.45, 2.75) is 13.1 Å². The summed E-state index contributed by atoms with van der Waals surface area (Å²) in [5.41, 5.74) is -0.0260. The molecule has 23 heavy (non-hydrogen) atoms.